The topological polar surface area (TPSA) is 37.3 Å². The molecule has 2 nitrogen and oxygen atoms in total. The van der Waals surface area contributed by atoms with Gasteiger partial charge in [0.1, 0.15) is 0 Å². The Kier molecular flexibility index (Phi) is 2.51. The third kappa shape index (κ3) is 1.38. The summed E-state index contributed by atoms with van der Waals surface area (Å²) in [7, 11) is 0. The molecule has 0 heterocycles. The minimum atomic E-state index is -0.677. The molecule has 13 heavy (non-hydrogen) atoms. The molecule has 74 valence electrons. The number of carboxylic acid groups (broad SMARTS) is 1. The molecule has 0 fully saturated rings. The van der Waals surface area contributed by atoms with Gasteiger partial charge >= 0.3 is 5.97 Å². The fourth-order valence-corrected chi connectivity index (χ4v) is 2.07. The van der Waals surface area contributed by atoms with E-state index in [1.165, 1.54) is 0 Å². The Morgan fingerprint density at radius 1 is 1.69 bits per heavy atom. The van der Waals surface area contributed by atoms with Gasteiger partial charge in [-0.05, 0) is 26.2 Å². The first-order chi connectivity index (χ1) is 5.96. The number of hydrogen-bond donors (Lipinski definition) is 1. The van der Waals surface area contributed by atoms with Crippen molar-refractivity contribution < 1.29 is 9.90 Å². The van der Waals surface area contributed by atoms with Gasteiger partial charge in [0.2, 0.25) is 0 Å². The van der Waals surface area contributed by atoms with Crippen LogP contribution in [-0.2, 0) is 4.79 Å². The largest absolute Gasteiger partial charge is 0.481 e. The molecule has 0 aromatic heterocycles. The van der Waals surface area contributed by atoms with Gasteiger partial charge in [-0.3, -0.25) is 4.79 Å². The highest BCUT2D eigenvalue weighted by atomic mass is 16.4. The second-order valence-corrected chi connectivity index (χ2v) is 4.35. The normalized spacial score (nSPS) is 31.6. The Hall–Kier alpha value is -0.790. The third-order valence-corrected chi connectivity index (χ3v) is 3.76. The van der Waals surface area contributed by atoms with Crippen LogP contribution in [0.3, 0.4) is 0 Å². The van der Waals surface area contributed by atoms with Gasteiger partial charge in [0.05, 0.1) is 5.41 Å². The van der Waals surface area contributed by atoms with E-state index in [9.17, 15) is 9.90 Å². The summed E-state index contributed by atoms with van der Waals surface area (Å²) < 4.78 is 0. The zero-order chi connectivity index (χ0) is 10.1. The lowest BCUT2D eigenvalue weighted by molar-refractivity contribution is -0.154. The Morgan fingerprint density at radius 3 is 2.62 bits per heavy atom. The predicted molar refractivity (Wildman–Crippen MR) is 52.5 cm³/mol. The maximum Gasteiger partial charge on any atom is 0.310 e. The summed E-state index contributed by atoms with van der Waals surface area (Å²) in [6.07, 6.45) is 6.83. The van der Waals surface area contributed by atoms with Gasteiger partial charge in [0.15, 0.2) is 0 Å². The molecule has 1 N–H and O–H groups in total. The lowest BCUT2D eigenvalue weighted by Gasteiger charge is -2.39. The first-order valence-electron chi connectivity index (χ1n) is 4.87. The van der Waals surface area contributed by atoms with Gasteiger partial charge in [0.25, 0.3) is 0 Å². The van der Waals surface area contributed by atoms with E-state index in [4.69, 9.17) is 0 Å². The lowest BCUT2D eigenvalue weighted by Crippen LogP contribution is -2.41. The zero-order valence-corrected chi connectivity index (χ0v) is 8.63. The van der Waals surface area contributed by atoms with Gasteiger partial charge in [-0.2, -0.15) is 0 Å². The van der Waals surface area contributed by atoms with Gasteiger partial charge in [-0.1, -0.05) is 26.0 Å². The van der Waals surface area contributed by atoms with Crippen molar-refractivity contribution in [3.63, 3.8) is 0 Å². The van der Waals surface area contributed by atoms with Gasteiger partial charge in [-0.25, -0.2) is 0 Å². The lowest BCUT2D eigenvalue weighted by atomic mass is 9.63. The highest BCUT2D eigenvalue weighted by molar-refractivity contribution is 5.75. The second kappa shape index (κ2) is 3.17. The number of rotatable bonds is 3. The molecule has 0 saturated carbocycles. The van der Waals surface area contributed by atoms with Crippen LogP contribution >= 0.6 is 0 Å². The van der Waals surface area contributed by atoms with Crippen LogP contribution in [0.1, 0.15) is 40.0 Å². The smallest absolute Gasteiger partial charge is 0.310 e. The number of hydrogen-bond acceptors (Lipinski definition) is 1. The van der Waals surface area contributed by atoms with Crippen molar-refractivity contribution in [1.29, 1.82) is 0 Å². The number of aliphatic carboxylic acids is 1. The molecule has 0 unspecified atom stereocenters. The summed E-state index contributed by atoms with van der Waals surface area (Å²) in [5.74, 6) is -0.677. The number of carbonyl (C=O) groups is 1. The van der Waals surface area contributed by atoms with Crippen molar-refractivity contribution in [2.75, 3.05) is 0 Å². The minimum absolute atomic E-state index is 0.159. The summed E-state index contributed by atoms with van der Waals surface area (Å²) in [4.78, 5) is 11.2. The Balaban J connectivity index is 3.00. The minimum Gasteiger partial charge on any atom is -0.481 e. The van der Waals surface area contributed by atoms with E-state index in [1.54, 1.807) is 0 Å². The number of allylic oxidation sites excluding steroid dienone is 2. The molecule has 2 atom stereocenters. The summed E-state index contributed by atoms with van der Waals surface area (Å²) in [5, 5.41) is 9.22. The van der Waals surface area contributed by atoms with Crippen LogP contribution in [-0.4, -0.2) is 11.1 Å². The summed E-state index contributed by atoms with van der Waals surface area (Å²) in [6.45, 7) is 5.85. The van der Waals surface area contributed by atoms with Crippen LogP contribution in [0.2, 0.25) is 0 Å². The maximum atomic E-state index is 11.2. The molecule has 0 radical (unpaired) electrons. The SMILES string of the molecule is CC[C@@](C)(C(=O)O)[C@]1(C)C=CCC1. The summed E-state index contributed by atoms with van der Waals surface area (Å²) in [5.41, 5.74) is -0.770. The van der Waals surface area contributed by atoms with Crippen molar-refractivity contribution in [3.8, 4) is 0 Å². The first-order valence-corrected chi connectivity index (χ1v) is 4.87. The van der Waals surface area contributed by atoms with Crippen LogP contribution in [0.25, 0.3) is 0 Å². The van der Waals surface area contributed by atoms with E-state index >= 15 is 0 Å². The molecular weight excluding hydrogens is 164 g/mol. The Labute approximate surface area is 79.6 Å². The van der Waals surface area contributed by atoms with E-state index in [0.29, 0.717) is 6.42 Å². The monoisotopic (exact) mass is 182 g/mol. The summed E-state index contributed by atoms with van der Waals surface area (Å²) >= 11 is 0. The van der Waals surface area contributed by atoms with Gasteiger partial charge in [-0.15, -0.1) is 0 Å². The van der Waals surface area contributed by atoms with Crippen LogP contribution in [0.5, 0.6) is 0 Å². The molecule has 0 aliphatic heterocycles. The molecule has 0 aromatic carbocycles. The Morgan fingerprint density at radius 2 is 2.31 bits per heavy atom. The van der Waals surface area contributed by atoms with E-state index in [0.717, 1.165) is 12.8 Å². The fraction of sp³-hybridized carbons (Fsp3) is 0.727. The number of carboxylic acids is 1. The van der Waals surface area contributed by atoms with E-state index in [2.05, 4.69) is 12.2 Å². The van der Waals surface area contributed by atoms with Crippen molar-refractivity contribution in [3.05, 3.63) is 12.2 Å². The molecular formula is C11H18O2. The first kappa shape index (κ1) is 10.3. The fourth-order valence-electron chi connectivity index (χ4n) is 2.07. The Bertz CT molecular complexity index is 244. The standard InChI is InChI=1S/C11H18O2/c1-4-11(3,9(12)13)10(2)7-5-6-8-10/h5,7H,4,6,8H2,1-3H3,(H,12,13)/t10-,11+/m1/s1. The summed E-state index contributed by atoms with van der Waals surface area (Å²) in [6, 6.07) is 0. The molecule has 0 aromatic rings. The maximum absolute atomic E-state index is 11.2. The van der Waals surface area contributed by atoms with Gasteiger partial charge in [0, 0.05) is 5.41 Å². The molecule has 0 spiro atoms. The molecule has 0 amide bonds. The highest BCUT2D eigenvalue weighted by Gasteiger charge is 2.48. The van der Waals surface area contributed by atoms with E-state index in [-0.39, 0.29) is 5.41 Å². The molecule has 1 aliphatic rings. The van der Waals surface area contributed by atoms with E-state index < -0.39 is 11.4 Å². The van der Waals surface area contributed by atoms with Gasteiger partial charge < -0.3 is 5.11 Å². The average molecular weight is 182 g/mol. The van der Waals surface area contributed by atoms with Crippen molar-refractivity contribution in [2.24, 2.45) is 10.8 Å². The van der Waals surface area contributed by atoms with Crippen molar-refractivity contribution >= 4 is 5.97 Å². The van der Waals surface area contributed by atoms with E-state index in [1.807, 2.05) is 20.8 Å². The molecule has 0 bridgehead atoms. The quantitative estimate of drug-likeness (QED) is 0.681. The van der Waals surface area contributed by atoms with Crippen LogP contribution in [0, 0.1) is 10.8 Å². The van der Waals surface area contributed by atoms with Crippen LogP contribution in [0.15, 0.2) is 12.2 Å². The molecule has 2 heteroatoms. The molecule has 1 rings (SSSR count). The van der Waals surface area contributed by atoms with Crippen LogP contribution < -0.4 is 0 Å². The average Bonchev–Trinajstić information content (AvgIpc) is 2.51. The molecule has 0 saturated heterocycles. The highest BCUT2D eigenvalue weighted by Crippen LogP contribution is 2.49. The van der Waals surface area contributed by atoms with Crippen molar-refractivity contribution in [1.82, 2.24) is 0 Å². The third-order valence-electron chi connectivity index (χ3n) is 3.76. The van der Waals surface area contributed by atoms with Crippen LogP contribution in [0.4, 0.5) is 0 Å². The van der Waals surface area contributed by atoms with Crippen molar-refractivity contribution in [2.45, 2.75) is 40.0 Å². The predicted octanol–water partition coefficient (Wildman–Crippen LogP) is 2.84. The zero-order valence-electron chi connectivity index (χ0n) is 8.63. The molecule has 1 aliphatic carbocycles. The second-order valence-electron chi connectivity index (χ2n) is 4.35.